The Kier molecular flexibility index (Phi) is 5.65. The number of rotatable bonds is 5. The molecule has 0 aliphatic carbocycles. The molecule has 0 unspecified atom stereocenters. The van der Waals surface area contributed by atoms with Gasteiger partial charge in [-0.05, 0) is 69.7 Å². The van der Waals surface area contributed by atoms with Gasteiger partial charge in [0.1, 0.15) is 0 Å². The normalized spacial score (nSPS) is 29.1. The van der Waals surface area contributed by atoms with Gasteiger partial charge in [0.15, 0.2) is 0 Å². The molecule has 5 heteroatoms. The topological polar surface area (TPSA) is 46.5 Å². The first-order valence-corrected chi connectivity index (χ1v) is 10.5. The van der Waals surface area contributed by atoms with E-state index in [2.05, 4.69) is 39.3 Å². The Hall–Kier alpha value is -1.33. The molecule has 26 heavy (non-hydrogen) atoms. The fraction of sp³-hybridized carbons (Fsp3) is 0.762. The Morgan fingerprint density at radius 3 is 2.65 bits per heavy atom. The molecule has 1 aromatic heterocycles. The summed E-state index contributed by atoms with van der Waals surface area (Å²) in [4.78, 5) is 15.5. The molecule has 0 aromatic carbocycles. The van der Waals surface area contributed by atoms with E-state index in [0.29, 0.717) is 18.4 Å². The van der Waals surface area contributed by atoms with Crippen LogP contribution in [0.4, 0.5) is 0 Å². The molecule has 3 fully saturated rings. The van der Waals surface area contributed by atoms with Crippen molar-refractivity contribution < 1.29 is 9.53 Å². The van der Waals surface area contributed by atoms with Crippen LogP contribution in [-0.2, 0) is 15.1 Å². The number of amides is 1. The molecule has 3 aliphatic rings. The molecular formula is C21H33N3O2. The van der Waals surface area contributed by atoms with Crippen LogP contribution in [0.3, 0.4) is 0 Å². The zero-order chi connectivity index (χ0) is 17.8. The monoisotopic (exact) mass is 359 g/mol. The number of carbonyl (C=O) groups is 1. The van der Waals surface area contributed by atoms with E-state index in [9.17, 15) is 4.79 Å². The van der Waals surface area contributed by atoms with Gasteiger partial charge in [0.2, 0.25) is 5.91 Å². The lowest BCUT2D eigenvalue weighted by Crippen LogP contribution is -2.51. The number of piperidine rings is 2. The van der Waals surface area contributed by atoms with Crippen LogP contribution in [0.2, 0.25) is 0 Å². The third kappa shape index (κ3) is 3.84. The minimum absolute atomic E-state index is 0.116. The number of nitrogens with zero attached hydrogens (tertiary/aromatic N) is 2. The first kappa shape index (κ1) is 18.1. The van der Waals surface area contributed by atoms with Crippen LogP contribution in [-0.4, -0.2) is 54.3 Å². The molecule has 4 heterocycles. The predicted molar refractivity (Wildman–Crippen MR) is 102 cm³/mol. The molecular weight excluding hydrogens is 326 g/mol. The highest BCUT2D eigenvalue weighted by molar-refractivity contribution is 5.77. The fourth-order valence-electron chi connectivity index (χ4n) is 5.35. The van der Waals surface area contributed by atoms with Crippen molar-refractivity contribution >= 4 is 5.91 Å². The van der Waals surface area contributed by atoms with Crippen LogP contribution in [0.1, 0.15) is 51.4 Å². The van der Waals surface area contributed by atoms with E-state index < -0.39 is 0 Å². The smallest absolute Gasteiger partial charge is 0.222 e. The SMILES string of the molecule is O=C(CC1(n2cccc2)CCOCC1)NC[C@@H]1CCCN2CCCC[C@H]12. The maximum absolute atomic E-state index is 12.8. The van der Waals surface area contributed by atoms with E-state index in [1.54, 1.807) is 0 Å². The zero-order valence-electron chi connectivity index (χ0n) is 15.9. The van der Waals surface area contributed by atoms with Crippen molar-refractivity contribution in [1.29, 1.82) is 0 Å². The Morgan fingerprint density at radius 1 is 1.08 bits per heavy atom. The highest BCUT2D eigenvalue weighted by atomic mass is 16.5. The van der Waals surface area contributed by atoms with Crippen molar-refractivity contribution in [2.24, 2.45) is 5.92 Å². The fourth-order valence-corrected chi connectivity index (χ4v) is 5.35. The van der Waals surface area contributed by atoms with Gasteiger partial charge in [-0.2, -0.15) is 0 Å². The summed E-state index contributed by atoms with van der Waals surface area (Å²) in [5.41, 5.74) is -0.116. The third-order valence-electron chi connectivity index (χ3n) is 6.86. The lowest BCUT2D eigenvalue weighted by molar-refractivity contribution is -0.125. The number of fused-ring (bicyclic) bond motifs is 1. The van der Waals surface area contributed by atoms with Gasteiger partial charge in [0.05, 0.1) is 12.0 Å². The van der Waals surface area contributed by atoms with Gasteiger partial charge in [0.25, 0.3) is 0 Å². The van der Waals surface area contributed by atoms with Gasteiger partial charge < -0.3 is 19.5 Å². The van der Waals surface area contributed by atoms with Gasteiger partial charge >= 0.3 is 0 Å². The molecule has 3 aliphatic heterocycles. The van der Waals surface area contributed by atoms with Crippen LogP contribution in [0.5, 0.6) is 0 Å². The van der Waals surface area contributed by atoms with Crippen molar-refractivity contribution in [1.82, 2.24) is 14.8 Å². The van der Waals surface area contributed by atoms with E-state index in [4.69, 9.17) is 4.74 Å². The first-order valence-electron chi connectivity index (χ1n) is 10.5. The number of carbonyl (C=O) groups excluding carboxylic acids is 1. The molecule has 3 saturated heterocycles. The second kappa shape index (κ2) is 8.13. The molecule has 1 amide bonds. The van der Waals surface area contributed by atoms with E-state index in [1.165, 1.54) is 45.2 Å². The molecule has 0 bridgehead atoms. The number of hydrogen-bond donors (Lipinski definition) is 1. The minimum atomic E-state index is -0.116. The van der Waals surface area contributed by atoms with Crippen molar-refractivity contribution in [3.05, 3.63) is 24.5 Å². The second-order valence-corrected chi connectivity index (χ2v) is 8.41. The lowest BCUT2D eigenvalue weighted by Gasteiger charge is -2.44. The number of aromatic nitrogens is 1. The zero-order valence-corrected chi connectivity index (χ0v) is 15.9. The van der Waals surface area contributed by atoms with Crippen molar-refractivity contribution in [3.63, 3.8) is 0 Å². The Morgan fingerprint density at radius 2 is 1.85 bits per heavy atom. The average molecular weight is 360 g/mol. The van der Waals surface area contributed by atoms with Crippen LogP contribution in [0, 0.1) is 5.92 Å². The largest absolute Gasteiger partial charge is 0.381 e. The number of hydrogen-bond acceptors (Lipinski definition) is 3. The molecule has 5 nitrogen and oxygen atoms in total. The molecule has 0 radical (unpaired) electrons. The highest BCUT2D eigenvalue weighted by Crippen LogP contribution is 2.33. The van der Waals surface area contributed by atoms with Crippen LogP contribution in [0.25, 0.3) is 0 Å². The van der Waals surface area contributed by atoms with Gasteiger partial charge in [0, 0.05) is 38.2 Å². The average Bonchev–Trinajstić information content (AvgIpc) is 3.23. The van der Waals surface area contributed by atoms with Crippen molar-refractivity contribution in [2.45, 2.75) is 62.9 Å². The molecule has 0 spiro atoms. The van der Waals surface area contributed by atoms with Gasteiger partial charge in [-0.1, -0.05) is 6.42 Å². The lowest BCUT2D eigenvalue weighted by atomic mass is 9.83. The molecule has 0 saturated carbocycles. The Balaban J connectivity index is 1.35. The summed E-state index contributed by atoms with van der Waals surface area (Å²) in [6.45, 7) is 4.84. The molecule has 144 valence electrons. The first-order chi connectivity index (χ1) is 12.8. The standard InChI is InChI=1S/C21H33N3O2/c25-20(16-21(8-14-26-15-9-21)24-12-3-4-13-24)22-17-18-6-5-11-23-10-2-1-7-19(18)23/h3-4,12-13,18-19H,1-2,5-11,14-17H2,(H,22,25)/t18-,19+/m0/s1. The maximum atomic E-state index is 12.8. The maximum Gasteiger partial charge on any atom is 0.222 e. The Bertz CT molecular complexity index is 578. The van der Waals surface area contributed by atoms with Crippen molar-refractivity contribution in [3.8, 4) is 0 Å². The van der Waals surface area contributed by atoms with Gasteiger partial charge in [-0.25, -0.2) is 0 Å². The quantitative estimate of drug-likeness (QED) is 0.879. The summed E-state index contributed by atoms with van der Waals surface area (Å²) >= 11 is 0. The summed E-state index contributed by atoms with van der Waals surface area (Å²) < 4.78 is 7.80. The van der Waals surface area contributed by atoms with Gasteiger partial charge in [-0.3, -0.25) is 4.79 Å². The number of ether oxygens (including phenoxy) is 1. The van der Waals surface area contributed by atoms with Crippen molar-refractivity contribution in [2.75, 3.05) is 32.8 Å². The van der Waals surface area contributed by atoms with E-state index >= 15 is 0 Å². The summed E-state index contributed by atoms with van der Waals surface area (Å²) in [5, 5.41) is 3.30. The van der Waals surface area contributed by atoms with Crippen LogP contribution < -0.4 is 5.32 Å². The summed E-state index contributed by atoms with van der Waals surface area (Å²) in [6, 6.07) is 4.79. The molecule has 1 N–H and O–H groups in total. The van der Waals surface area contributed by atoms with E-state index in [0.717, 1.165) is 32.6 Å². The summed E-state index contributed by atoms with van der Waals surface area (Å²) in [5.74, 6) is 0.832. The van der Waals surface area contributed by atoms with E-state index in [1.807, 2.05) is 0 Å². The molecule has 4 rings (SSSR count). The second-order valence-electron chi connectivity index (χ2n) is 8.41. The third-order valence-corrected chi connectivity index (χ3v) is 6.86. The number of nitrogens with one attached hydrogen (secondary N) is 1. The summed E-state index contributed by atoms with van der Waals surface area (Å²) in [7, 11) is 0. The van der Waals surface area contributed by atoms with Gasteiger partial charge in [-0.15, -0.1) is 0 Å². The Labute approximate surface area is 157 Å². The molecule has 1 aromatic rings. The highest BCUT2D eigenvalue weighted by Gasteiger charge is 2.37. The minimum Gasteiger partial charge on any atom is -0.381 e. The van der Waals surface area contributed by atoms with Crippen LogP contribution in [0.15, 0.2) is 24.5 Å². The van der Waals surface area contributed by atoms with E-state index in [-0.39, 0.29) is 11.4 Å². The summed E-state index contributed by atoms with van der Waals surface area (Å²) in [6.07, 6.45) is 13.1. The predicted octanol–water partition coefficient (Wildman–Crippen LogP) is 2.76. The molecule has 2 atom stereocenters. The van der Waals surface area contributed by atoms with Crippen LogP contribution >= 0.6 is 0 Å².